The molecule has 0 radical (unpaired) electrons. The molecule has 0 aliphatic rings. The second kappa shape index (κ2) is 7.03. The summed E-state index contributed by atoms with van der Waals surface area (Å²) < 4.78 is 26.8. The van der Waals surface area contributed by atoms with Crippen LogP contribution in [-0.2, 0) is 0 Å². The van der Waals surface area contributed by atoms with Gasteiger partial charge in [-0.1, -0.05) is 19.1 Å². The van der Waals surface area contributed by atoms with Crippen LogP contribution in [0.15, 0.2) is 18.2 Å². The van der Waals surface area contributed by atoms with Crippen LogP contribution in [0.4, 0.5) is 8.78 Å². The summed E-state index contributed by atoms with van der Waals surface area (Å²) in [5.41, 5.74) is 0.355. The van der Waals surface area contributed by atoms with Crippen LogP contribution in [0.3, 0.4) is 0 Å². The van der Waals surface area contributed by atoms with E-state index in [0.29, 0.717) is 18.4 Å². The van der Waals surface area contributed by atoms with E-state index in [2.05, 4.69) is 11.2 Å². The average Bonchev–Trinajstić information content (AvgIpc) is 2.34. The molecule has 0 fully saturated rings. The number of rotatable bonds is 6. The van der Waals surface area contributed by atoms with Crippen LogP contribution in [0.1, 0.15) is 37.8 Å². The molecule has 0 heterocycles. The molecular weight excluding hydrogens is 220 g/mol. The second-order valence-corrected chi connectivity index (χ2v) is 3.89. The first kappa shape index (κ1) is 13.7. The number of hydrogen-bond donors (Lipinski definition) is 1. The first-order valence-corrected chi connectivity index (χ1v) is 5.81. The van der Waals surface area contributed by atoms with Crippen molar-refractivity contribution < 1.29 is 8.78 Å². The number of benzene rings is 1. The molecule has 0 amide bonds. The van der Waals surface area contributed by atoms with Crippen molar-refractivity contribution in [2.24, 2.45) is 0 Å². The molecule has 1 rings (SSSR count). The highest BCUT2D eigenvalue weighted by molar-refractivity contribution is 5.22. The number of hydrogen-bond acceptors (Lipinski definition) is 1. The highest BCUT2D eigenvalue weighted by Gasteiger charge is 2.16. The van der Waals surface area contributed by atoms with Gasteiger partial charge < -0.3 is 5.32 Å². The Morgan fingerprint density at radius 1 is 1.41 bits per heavy atom. The summed E-state index contributed by atoms with van der Waals surface area (Å²) in [4.78, 5) is 0. The Morgan fingerprint density at radius 3 is 2.82 bits per heavy atom. The van der Waals surface area contributed by atoms with E-state index >= 15 is 0 Å². The highest BCUT2D eigenvalue weighted by Crippen LogP contribution is 2.23. The Morgan fingerprint density at radius 2 is 2.18 bits per heavy atom. The van der Waals surface area contributed by atoms with Crippen molar-refractivity contribution >= 4 is 0 Å². The Labute approximate surface area is 101 Å². The molecule has 0 aromatic heterocycles. The minimum Gasteiger partial charge on any atom is -0.310 e. The van der Waals surface area contributed by atoms with Crippen LogP contribution in [0.5, 0.6) is 0 Å². The molecule has 1 aromatic rings. The fourth-order valence-corrected chi connectivity index (χ4v) is 1.70. The molecule has 1 unspecified atom stereocenters. The average molecular weight is 237 g/mol. The van der Waals surface area contributed by atoms with E-state index < -0.39 is 11.6 Å². The summed E-state index contributed by atoms with van der Waals surface area (Å²) >= 11 is 0. The van der Waals surface area contributed by atoms with Gasteiger partial charge in [-0.3, -0.25) is 0 Å². The maximum Gasteiger partial charge on any atom is 0.163 e. The molecule has 92 valence electrons. The molecular formula is C14H17F2N. The predicted octanol–water partition coefficient (Wildman–Crippen LogP) is 3.42. The van der Waals surface area contributed by atoms with Gasteiger partial charge in [-0.15, -0.1) is 12.3 Å². The monoisotopic (exact) mass is 237 g/mol. The number of halogens is 2. The van der Waals surface area contributed by atoms with Crippen LogP contribution < -0.4 is 5.32 Å². The Balaban J connectivity index is 2.87. The maximum absolute atomic E-state index is 13.6. The van der Waals surface area contributed by atoms with E-state index in [1.807, 2.05) is 6.92 Å². The molecule has 17 heavy (non-hydrogen) atoms. The Bertz CT molecular complexity index is 396. The van der Waals surface area contributed by atoms with Crippen molar-refractivity contribution in [2.75, 3.05) is 6.54 Å². The van der Waals surface area contributed by atoms with E-state index in [1.54, 1.807) is 6.07 Å². The van der Waals surface area contributed by atoms with Crippen LogP contribution in [-0.4, -0.2) is 6.54 Å². The van der Waals surface area contributed by atoms with Crippen molar-refractivity contribution in [3.05, 3.63) is 35.4 Å². The molecule has 0 bridgehead atoms. The summed E-state index contributed by atoms with van der Waals surface area (Å²) in [7, 11) is 0. The lowest BCUT2D eigenvalue weighted by Crippen LogP contribution is -2.23. The van der Waals surface area contributed by atoms with Gasteiger partial charge in [-0.25, -0.2) is 8.78 Å². The fourth-order valence-electron chi connectivity index (χ4n) is 1.70. The van der Waals surface area contributed by atoms with Crippen LogP contribution in [0.2, 0.25) is 0 Å². The molecule has 0 spiro atoms. The normalized spacial score (nSPS) is 12.1. The zero-order valence-corrected chi connectivity index (χ0v) is 9.97. The lowest BCUT2D eigenvalue weighted by Gasteiger charge is -2.18. The van der Waals surface area contributed by atoms with Gasteiger partial charge in [0.05, 0.1) is 0 Å². The first-order chi connectivity index (χ1) is 8.20. The predicted molar refractivity (Wildman–Crippen MR) is 65.5 cm³/mol. The Kier molecular flexibility index (Phi) is 5.65. The molecule has 3 heteroatoms. The van der Waals surface area contributed by atoms with Gasteiger partial charge in [0.2, 0.25) is 0 Å². The second-order valence-electron chi connectivity index (χ2n) is 3.89. The standard InChI is InChI=1S/C14H17F2N/c1-3-5-9-13(17-10-4-2)11-7-6-8-12(15)14(11)16/h1,6-8,13,17H,4-5,9-10H2,2H3. The molecule has 0 aliphatic heterocycles. The third-order valence-corrected chi connectivity index (χ3v) is 2.57. The van der Waals surface area contributed by atoms with Gasteiger partial charge in [0, 0.05) is 18.0 Å². The zero-order valence-electron chi connectivity index (χ0n) is 9.97. The Hall–Kier alpha value is -1.40. The summed E-state index contributed by atoms with van der Waals surface area (Å²) in [6.07, 6.45) is 7.29. The smallest absolute Gasteiger partial charge is 0.163 e. The largest absolute Gasteiger partial charge is 0.310 e. The maximum atomic E-state index is 13.6. The van der Waals surface area contributed by atoms with E-state index in [1.165, 1.54) is 6.07 Å². The van der Waals surface area contributed by atoms with Crippen LogP contribution in [0, 0.1) is 24.0 Å². The quantitative estimate of drug-likeness (QED) is 0.747. The molecule has 0 aliphatic carbocycles. The van der Waals surface area contributed by atoms with E-state index in [4.69, 9.17) is 6.42 Å². The van der Waals surface area contributed by atoms with Crippen LogP contribution >= 0.6 is 0 Å². The minimum atomic E-state index is -0.813. The number of terminal acetylenes is 1. The first-order valence-electron chi connectivity index (χ1n) is 5.81. The topological polar surface area (TPSA) is 12.0 Å². The molecule has 0 saturated heterocycles. The molecule has 0 saturated carbocycles. The van der Waals surface area contributed by atoms with Crippen molar-refractivity contribution in [3.63, 3.8) is 0 Å². The summed E-state index contributed by atoms with van der Waals surface area (Å²) in [6, 6.07) is 4.02. The van der Waals surface area contributed by atoms with Gasteiger partial charge in [0.25, 0.3) is 0 Å². The van der Waals surface area contributed by atoms with Crippen LogP contribution in [0.25, 0.3) is 0 Å². The molecule has 1 aromatic carbocycles. The summed E-state index contributed by atoms with van der Waals surface area (Å²) in [5.74, 6) is 0.929. The van der Waals surface area contributed by atoms with E-state index in [9.17, 15) is 8.78 Å². The SMILES string of the molecule is C#CCCC(NCCC)c1cccc(F)c1F. The summed E-state index contributed by atoms with van der Waals surface area (Å²) in [6.45, 7) is 2.78. The zero-order chi connectivity index (χ0) is 12.7. The lowest BCUT2D eigenvalue weighted by atomic mass is 10.0. The lowest BCUT2D eigenvalue weighted by molar-refractivity contribution is 0.449. The third-order valence-electron chi connectivity index (χ3n) is 2.57. The van der Waals surface area contributed by atoms with Gasteiger partial charge in [0.15, 0.2) is 11.6 Å². The van der Waals surface area contributed by atoms with Gasteiger partial charge in [0.1, 0.15) is 0 Å². The fraction of sp³-hybridized carbons (Fsp3) is 0.429. The van der Waals surface area contributed by atoms with Crippen molar-refractivity contribution in [3.8, 4) is 12.3 Å². The number of nitrogens with one attached hydrogen (secondary N) is 1. The van der Waals surface area contributed by atoms with E-state index in [0.717, 1.165) is 19.0 Å². The molecule has 1 nitrogen and oxygen atoms in total. The van der Waals surface area contributed by atoms with Crippen molar-refractivity contribution in [1.29, 1.82) is 0 Å². The summed E-state index contributed by atoms with van der Waals surface area (Å²) in [5, 5.41) is 3.19. The molecule has 1 atom stereocenters. The molecule has 1 N–H and O–H groups in total. The van der Waals surface area contributed by atoms with Gasteiger partial charge >= 0.3 is 0 Å². The van der Waals surface area contributed by atoms with Gasteiger partial charge in [-0.2, -0.15) is 0 Å². The van der Waals surface area contributed by atoms with Crippen molar-refractivity contribution in [2.45, 2.75) is 32.2 Å². The van der Waals surface area contributed by atoms with Gasteiger partial charge in [-0.05, 0) is 25.5 Å². The minimum absolute atomic E-state index is 0.221. The third kappa shape index (κ3) is 3.83. The van der Waals surface area contributed by atoms with E-state index in [-0.39, 0.29) is 6.04 Å². The highest BCUT2D eigenvalue weighted by atomic mass is 19.2. The van der Waals surface area contributed by atoms with Crippen molar-refractivity contribution in [1.82, 2.24) is 5.32 Å².